The van der Waals surface area contributed by atoms with E-state index in [2.05, 4.69) is 5.32 Å². The average Bonchev–Trinajstić information content (AvgIpc) is 2.93. The molecule has 1 N–H and O–H groups in total. The summed E-state index contributed by atoms with van der Waals surface area (Å²) in [7, 11) is 0. The number of rotatable bonds is 2. The van der Waals surface area contributed by atoms with Gasteiger partial charge in [0.15, 0.2) is 5.43 Å². The molecular weight excluding hydrogens is 346 g/mol. The van der Waals surface area contributed by atoms with Crippen molar-refractivity contribution in [3.8, 4) is 0 Å². The number of nitrogens with one attached hydrogen (secondary N) is 1. The highest BCUT2D eigenvalue weighted by atomic mass is 35.5. The molecular formula is C18H12ClNO3S. The Balaban J connectivity index is 1.93. The molecule has 120 valence electrons. The van der Waals surface area contributed by atoms with Gasteiger partial charge in [-0.25, -0.2) is 0 Å². The highest BCUT2D eigenvalue weighted by molar-refractivity contribution is 7.98. The number of fused-ring (bicyclic) bond motifs is 2. The summed E-state index contributed by atoms with van der Waals surface area (Å²) in [5.74, 6) is -0.299. The molecule has 24 heavy (non-hydrogen) atoms. The Morgan fingerprint density at radius 1 is 1.12 bits per heavy atom. The normalized spacial score (nSPS) is 16.2. The second-order valence-electron chi connectivity index (χ2n) is 5.49. The summed E-state index contributed by atoms with van der Waals surface area (Å²) in [6.07, 6.45) is 1.99. The van der Waals surface area contributed by atoms with Crippen molar-refractivity contribution in [3.05, 3.63) is 74.6 Å². The number of halogens is 1. The number of carbonyl (C=O) groups is 1. The van der Waals surface area contributed by atoms with E-state index in [-0.39, 0.29) is 17.1 Å². The van der Waals surface area contributed by atoms with Crippen molar-refractivity contribution < 1.29 is 9.21 Å². The van der Waals surface area contributed by atoms with E-state index in [1.54, 1.807) is 30.0 Å². The fourth-order valence-electron chi connectivity index (χ4n) is 2.93. The van der Waals surface area contributed by atoms with Gasteiger partial charge in [-0.05, 0) is 42.2 Å². The molecule has 1 atom stereocenters. The van der Waals surface area contributed by atoms with E-state index >= 15 is 0 Å². The van der Waals surface area contributed by atoms with Crippen LogP contribution in [0.2, 0.25) is 5.02 Å². The minimum atomic E-state index is -0.511. The van der Waals surface area contributed by atoms with E-state index < -0.39 is 6.04 Å². The summed E-state index contributed by atoms with van der Waals surface area (Å²) in [4.78, 5) is 26.3. The maximum Gasteiger partial charge on any atom is 0.288 e. The molecule has 2 aromatic carbocycles. The van der Waals surface area contributed by atoms with E-state index in [9.17, 15) is 9.59 Å². The van der Waals surface area contributed by atoms with Crippen LogP contribution in [-0.4, -0.2) is 12.2 Å². The smallest absolute Gasteiger partial charge is 0.288 e. The van der Waals surface area contributed by atoms with Crippen LogP contribution in [0.1, 0.15) is 27.7 Å². The van der Waals surface area contributed by atoms with E-state index in [0.717, 1.165) is 10.5 Å². The summed E-state index contributed by atoms with van der Waals surface area (Å²) in [6, 6.07) is 12.0. The number of benzene rings is 2. The van der Waals surface area contributed by atoms with Crippen LogP contribution in [0.15, 0.2) is 56.6 Å². The highest BCUT2D eigenvalue weighted by Crippen LogP contribution is 2.32. The number of thioether (sulfide) groups is 1. The third kappa shape index (κ3) is 2.32. The molecule has 0 saturated heterocycles. The Kier molecular flexibility index (Phi) is 3.62. The van der Waals surface area contributed by atoms with Crippen LogP contribution in [0, 0.1) is 0 Å². The van der Waals surface area contributed by atoms with Gasteiger partial charge in [0.2, 0.25) is 5.76 Å². The molecule has 0 spiro atoms. The summed E-state index contributed by atoms with van der Waals surface area (Å²) >= 11 is 7.62. The minimum Gasteiger partial charge on any atom is -0.450 e. The maximum absolute atomic E-state index is 12.9. The molecule has 0 fully saturated rings. The fourth-order valence-corrected chi connectivity index (χ4v) is 3.51. The van der Waals surface area contributed by atoms with Crippen molar-refractivity contribution in [2.24, 2.45) is 0 Å². The first-order valence-corrected chi connectivity index (χ1v) is 8.90. The van der Waals surface area contributed by atoms with Crippen LogP contribution < -0.4 is 10.7 Å². The number of hydrogen-bond acceptors (Lipinski definition) is 4. The second kappa shape index (κ2) is 5.69. The molecule has 3 aromatic rings. The predicted molar refractivity (Wildman–Crippen MR) is 95.0 cm³/mol. The number of carbonyl (C=O) groups excluding carboxylic acids is 1. The van der Waals surface area contributed by atoms with Crippen molar-refractivity contribution >= 4 is 40.2 Å². The van der Waals surface area contributed by atoms with Gasteiger partial charge in [-0.2, -0.15) is 0 Å². The summed E-state index contributed by atoms with van der Waals surface area (Å²) in [5.41, 5.74) is 1.31. The van der Waals surface area contributed by atoms with E-state index in [4.69, 9.17) is 16.0 Å². The molecule has 1 aliphatic heterocycles. The van der Waals surface area contributed by atoms with Crippen LogP contribution >= 0.6 is 23.4 Å². The van der Waals surface area contributed by atoms with Gasteiger partial charge >= 0.3 is 0 Å². The van der Waals surface area contributed by atoms with Gasteiger partial charge in [0.05, 0.1) is 17.0 Å². The van der Waals surface area contributed by atoms with E-state index in [1.807, 2.05) is 30.5 Å². The van der Waals surface area contributed by atoms with Crippen molar-refractivity contribution in [2.75, 3.05) is 6.26 Å². The first-order chi connectivity index (χ1) is 11.6. The Morgan fingerprint density at radius 2 is 1.88 bits per heavy atom. The molecule has 0 saturated carbocycles. The molecule has 2 heterocycles. The van der Waals surface area contributed by atoms with E-state index in [1.165, 1.54) is 0 Å². The lowest BCUT2D eigenvalue weighted by Crippen LogP contribution is -2.21. The molecule has 6 heteroatoms. The Morgan fingerprint density at radius 3 is 2.58 bits per heavy atom. The Bertz CT molecular complexity index is 1030. The Labute approximate surface area is 146 Å². The molecule has 1 unspecified atom stereocenters. The molecule has 1 amide bonds. The van der Waals surface area contributed by atoms with E-state index in [0.29, 0.717) is 21.6 Å². The van der Waals surface area contributed by atoms with Crippen molar-refractivity contribution in [3.63, 3.8) is 0 Å². The van der Waals surface area contributed by atoms with Gasteiger partial charge in [0, 0.05) is 9.92 Å². The monoisotopic (exact) mass is 357 g/mol. The average molecular weight is 358 g/mol. The highest BCUT2D eigenvalue weighted by Gasteiger charge is 2.35. The van der Waals surface area contributed by atoms with Crippen molar-refractivity contribution in [1.82, 2.24) is 5.32 Å². The zero-order valence-electron chi connectivity index (χ0n) is 12.6. The van der Waals surface area contributed by atoms with Crippen LogP contribution in [0.3, 0.4) is 0 Å². The van der Waals surface area contributed by atoms with Gasteiger partial charge in [-0.1, -0.05) is 23.7 Å². The molecule has 1 aromatic heterocycles. The van der Waals surface area contributed by atoms with Crippen LogP contribution in [0.5, 0.6) is 0 Å². The van der Waals surface area contributed by atoms with Crippen LogP contribution in [0.4, 0.5) is 0 Å². The zero-order valence-corrected chi connectivity index (χ0v) is 14.2. The lowest BCUT2D eigenvalue weighted by Gasteiger charge is -2.12. The summed E-state index contributed by atoms with van der Waals surface area (Å²) in [6.45, 7) is 0. The van der Waals surface area contributed by atoms with Gasteiger partial charge in [0.25, 0.3) is 5.91 Å². The van der Waals surface area contributed by atoms with Crippen LogP contribution in [0.25, 0.3) is 11.0 Å². The second-order valence-corrected chi connectivity index (χ2v) is 6.81. The summed E-state index contributed by atoms with van der Waals surface area (Å²) in [5, 5.41) is 3.66. The third-order valence-corrected chi connectivity index (χ3v) is 5.09. The van der Waals surface area contributed by atoms with Crippen molar-refractivity contribution in [1.29, 1.82) is 0 Å². The largest absolute Gasteiger partial charge is 0.450 e. The molecule has 4 nitrogen and oxygen atoms in total. The lowest BCUT2D eigenvalue weighted by molar-refractivity contribution is 0.0938. The molecule has 0 radical (unpaired) electrons. The SMILES string of the molecule is CSc1ccc(C2NC(=O)c3oc4ccc(Cl)cc4c(=O)c32)cc1. The van der Waals surface area contributed by atoms with Gasteiger partial charge in [0.1, 0.15) is 5.58 Å². The van der Waals surface area contributed by atoms with Gasteiger partial charge in [-0.15, -0.1) is 11.8 Å². The quantitative estimate of drug-likeness (QED) is 0.704. The first kappa shape index (κ1) is 15.3. The predicted octanol–water partition coefficient (Wildman–Crippen LogP) is 4.00. The first-order valence-electron chi connectivity index (χ1n) is 7.29. The minimum absolute atomic E-state index is 0.0776. The van der Waals surface area contributed by atoms with Crippen LogP contribution in [-0.2, 0) is 0 Å². The summed E-state index contributed by atoms with van der Waals surface area (Å²) < 4.78 is 5.67. The molecule has 0 aliphatic carbocycles. The fraction of sp³-hybridized carbons (Fsp3) is 0.111. The number of hydrogen-bond donors (Lipinski definition) is 1. The maximum atomic E-state index is 12.9. The van der Waals surface area contributed by atoms with Gasteiger partial charge in [-0.3, -0.25) is 9.59 Å². The molecule has 0 bridgehead atoms. The molecule has 4 rings (SSSR count). The topological polar surface area (TPSA) is 59.3 Å². The lowest BCUT2D eigenvalue weighted by atomic mass is 9.99. The number of amides is 1. The van der Waals surface area contributed by atoms with Gasteiger partial charge < -0.3 is 9.73 Å². The Hall–Kier alpha value is -2.24. The molecule has 1 aliphatic rings. The standard InChI is InChI=1S/C18H12ClNO3S/c1-24-11-5-2-9(3-6-11)15-14-16(21)12-8-10(19)4-7-13(12)23-17(14)18(22)20-15/h2-8,15H,1H3,(H,20,22). The third-order valence-electron chi connectivity index (χ3n) is 4.11. The van der Waals surface area contributed by atoms with Crippen molar-refractivity contribution in [2.45, 2.75) is 10.9 Å². The zero-order chi connectivity index (χ0) is 16.8.